The molecule has 0 amide bonds. The number of nitrogen functional groups attached to an aromatic ring is 1. The van der Waals surface area contributed by atoms with Crippen molar-refractivity contribution in [3.05, 3.63) is 35.5 Å². The average molecular weight is 258 g/mol. The first-order valence-electron chi connectivity index (χ1n) is 6.63. The maximum absolute atomic E-state index is 5.94. The van der Waals surface area contributed by atoms with Gasteiger partial charge in [-0.1, -0.05) is 58.0 Å². The molecule has 4 nitrogen and oxygen atoms in total. The van der Waals surface area contributed by atoms with Gasteiger partial charge in [-0.3, -0.25) is 0 Å². The van der Waals surface area contributed by atoms with Crippen LogP contribution in [0.25, 0.3) is 5.69 Å². The maximum atomic E-state index is 5.94. The molecule has 102 valence electrons. The highest BCUT2D eigenvalue weighted by molar-refractivity contribution is 5.49. The van der Waals surface area contributed by atoms with Crippen molar-refractivity contribution in [2.75, 3.05) is 5.73 Å². The summed E-state index contributed by atoms with van der Waals surface area (Å²) in [4.78, 5) is 0. The summed E-state index contributed by atoms with van der Waals surface area (Å²) in [5.41, 5.74) is 9.26. The number of para-hydroxylation sites is 1. The third kappa shape index (κ3) is 2.48. The minimum Gasteiger partial charge on any atom is -0.381 e. The minimum atomic E-state index is 0.0472. The van der Waals surface area contributed by atoms with E-state index in [0.717, 1.165) is 11.4 Å². The van der Waals surface area contributed by atoms with Crippen molar-refractivity contribution < 1.29 is 0 Å². The van der Waals surface area contributed by atoms with Gasteiger partial charge in [0.2, 0.25) is 0 Å². The van der Waals surface area contributed by atoms with Crippen LogP contribution in [0.3, 0.4) is 0 Å². The Morgan fingerprint density at radius 3 is 2.37 bits per heavy atom. The average Bonchev–Trinajstić information content (AvgIpc) is 2.70. The second-order valence-corrected chi connectivity index (χ2v) is 6.19. The van der Waals surface area contributed by atoms with Gasteiger partial charge < -0.3 is 5.73 Å². The summed E-state index contributed by atoms with van der Waals surface area (Å²) >= 11 is 0. The first-order valence-corrected chi connectivity index (χ1v) is 6.63. The van der Waals surface area contributed by atoms with E-state index in [9.17, 15) is 0 Å². The van der Waals surface area contributed by atoms with E-state index >= 15 is 0 Å². The summed E-state index contributed by atoms with van der Waals surface area (Å²) in [5, 5.41) is 8.25. The number of benzene rings is 1. The molecule has 0 atom stereocenters. The summed E-state index contributed by atoms with van der Waals surface area (Å²) in [7, 11) is 0. The van der Waals surface area contributed by atoms with Crippen LogP contribution >= 0.6 is 0 Å². The van der Waals surface area contributed by atoms with Crippen LogP contribution in [0.15, 0.2) is 24.3 Å². The second-order valence-electron chi connectivity index (χ2n) is 6.19. The summed E-state index contributed by atoms with van der Waals surface area (Å²) in [6, 6.07) is 8.28. The molecule has 2 rings (SSSR count). The van der Waals surface area contributed by atoms with Crippen LogP contribution in [-0.4, -0.2) is 15.0 Å². The van der Waals surface area contributed by atoms with Crippen molar-refractivity contribution in [3.8, 4) is 5.69 Å². The van der Waals surface area contributed by atoms with Gasteiger partial charge >= 0.3 is 0 Å². The van der Waals surface area contributed by atoms with Gasteiger partial charge in [-0.25, -0.2) is 4.68 Å². The van der Waals surface area contributed by atoms with Crippen LogP contribution in [0.5, 0.6) is 0 Å². The molecular weight excluding hydrogens is 236 g/mol. The first-order chi connectivity index (χ1) is 8.82. The molecule has 0 fully saturated rings. The number of nitrogens with two attached hydrogens (primary N) is 1. The van der Waals surface area contributed by atoms with Crippen molar-refractivity contribution in [2.24, 2.45) is 0 Å². The van der Waals surface area contributed by atoms with Crippen molar-refractivity contribution in [3.63, 3.8) is 0 Å². The largest absolute Gasteiger partial charge is 0.381 e. The Labute approximate surface area is 114 Å². The Hall–Kier alpha value is -1.84. The monoisotopic (exact) mass is 258 g/mol. The molecule has 0 unspecified atom stereocenters. The molecule has 19 heavy (non-hydrogen) atoms. The topological polar surface area (TPSA) is 56.7 Å². The summed E-state index contributed by atoms with van der Waals surface area (Å²) in [5.74, 6) is 0.793. The summed E-state index contributed by atoms with van der Waals surface area (Å²) in [6.07, 6.45) is 0. The Kier molecular flexibility index (Phi) is 3.35. The van der Waals surface area contributed by atoms with E-state index in [1.165, 1.54) is 5.56 Å². The van der Waals surface area contributed by atoms with Crippen LogP contribution in [0, 0.1) is 0 Å². The van der Waals surface area contributed by atoms with Crippen LogP contribution in [0.2, 0.25) is 0 Å². The van der Waals surface area contributed by atoms with E-state index in [1.54, 1.807) is 0 Å². The lowest BCUT2D eigenvalue weighted by molar-refractivity contribution is 0.578. The molecule has 0 aliphatic rings. The molecule has 2 N–H and O–H groups in total. The van der Waals surface area contributed by atoms with Crippen molar-refractivity contribution in [1.82, 2.24) is 15.0 Å². The van der Waals surface area contributed by atoms with Crippen molar-refractivity contribution >= 4 is 5.82 Å². The zero-order valence-electron chi connectivity index (χ0n) is 12.3. The Morgan fingerprint density at radius 2 is 1.79 bits per heavy atom. The molecule has 1 aromatic carbocycles. The van der Waals surface area contributed by atoms with Gasteiger partial charge in [0, 0.05) is 0 Å². The van der Waals surface area contributed by atoms with Crippen LogP contribution in [0.4, 0.5) is 5.82 Å². The van der Waals surface area contributed by atoms with Crippen LogP contribution in [-0.2, 0) is 5.41 Å². The SMILES string of the molecule is CC(C)c1c(N)nnn1-c1ccccc1C(C)(C)C. The van der Waals surface area contributed by atoms with Gasteiger partial charge in [0.1, 0.15) is 0 Å². The van der Waals surface area contributed by atoms with E-state index in [2.05, 4.69) is 63.1 Å². The summed E-state index contributed by atoms with van der Waals surface area (Å²) < 4.78 is 1.88. The zero-order chi connectivity index (χ0) is 14.2. The smallest absolute Gasteiger partial charge is 0.169 e. The maximum Gasteiger partial charge on any atom is 0.169 e. The van der Waals surface area contributed by atoms with Gasteiger partial charge in [0.05, 0.1) is 11.4 Å². The quantitative estimate of drug-likeness (QED) is 0.899. The highest BCUT2D eigenvalue weighted by Crippen LogP contribution is 2.31. The highest BCUT2D eigenvalue weighted by atomic mass is 15.4. The lowest BCUT2D eigenvalue weighted by atomic mass is 9.85. The standard InChI is InChI=1S/C15H22N4/c1-10(2)13-14(16)17-18-19(13)12-9-7-6-8-11(12)15(3,4)5/h6-10H,16H2,1-5H3. The molecule has 2 aromatic rings. The lowest BCUT2D eigenvalue weighted by Gasteiger charge is -2.23. The van der Waals surface area contributed by atoms with E-state index in [4.69, 9.17) is 5.73 Å². The Balaban J connectivity index is 2.67. The number of anilines is 1. The Bertz CT molecular complexity index is 576. The Morgan fingerprint density at radius 1 is 1.16 bits per heavy atom. The number of rotatable bonds is 2. The molecule has 4 heteroatoms. The molecular formula is C15H22N4. The van der Waals surface area contributed by atoms with Gasteiger partial charge in [0.15, 0.2) is 5.82 Å². The number of hydrogen-bond acceptors (Lipinski definition) is 3. The van der Waals surface area contributed by atoms with Gasteiger partial charge in [0.25, 0.3) is 0 Å². The van der Waals surface area contributed by atoms with Gasteiger partial charge in [-0.05, 0) is 23.0 Å². The third-order valence-electron chi connectivity index (χ3n) is 3.22. The van der Waals surface area contributed by atoms with E-state index in [-0.39, 0.29) is 11.3 Å². The first kappa shape index (κ1) is 13.6. The number of hydrogen-bond donors (Lipinski definition) is 1. The second kappa shape index (κ2) is 4.68. The fraction of sp³-hybridized carbons (Fsp3) is 0.467. The molecule has 0 radical (unpaired) electrons. The van der Waals surface area contributed by atoms with E-state index in [1.807, 2.05) is 10.7 Å². The van der Waals surface area contributed by atoms with Crippen molar-refractivity contribution in [1.29, 1.82) is 0 Å². The van der Waals surface area contributed by atoms with Crippen LogP contribution < -0.4 is 5.73 Å². The molecule has 0 aliphatic carbocycles. The van der Waals surface area contributed by atoms with Crippen LogP contribution in [0.1, 0.15) is 51.8 Å². The molecule has 0 saturated heterocycles. The summed E-state index contributed by atoms with van der Waals surface area (Å²) in [6.45, 7) is 10.8. The number of aromatic nitrogens is 3. The molecule has 1 heterocycles. The van der Waals surface area contributed by atoms with Gasteiger partial charge in [-0.2, -0.15) is 0 Å². The molecule has 0 aliphatic heterocycles. The molecule has 1 aromatic heterocycles. The normalized spacial score (nSPS) is 12.1. The highest BCUT2D eigenvalue weighted by Gasteiger charge is 2.22. The van der Waals surface area contributed by atoms with Gasteiger partial charge in [-0.15, -0.1) is 5.10 Å². The molecule has 0 spiro atoms. The predicted octanol–water partition coefficient (Wildman–Crippen LogP) is 3.27. The fourth-order valence-electron chi connectivity index (χ4n) is 2.31. The molecule has 0 saturated carbocycles. The molecule has 0 bridgehead atoms. The fourth-order valence-corrected chi connectivity index (χ4v) is 2.31. The zero-order valence-corrected chi connectivity index (χ0v) is 12.3. The van der Waals surface area contributed by atoms with Crippen molar-refractivity contribution in [2.45, 2.75) is 46.0 Å². The minimum absolute atomic E-state index is 0.0472. The number of nitrogens with zero attached hydrogens (tertiary/aromatic N) is 3. The predicted molar refractivity (Wildman–Crippen MR) is 78.6 cm³/mol. The van der Waals surface area contributed by atoms with E-state index in [0.29, 0.717) is 5.82 Å². The third-order valence-corrected chi connectivity index (χ3v) is 3.22. The lowest BCUT2D eigenvalue weighted by Crippen LogP contribution is -2.17. The van der Waals surface area contributed by atoms with E-state index < -0.39 is 0 Å².